The maximum Gasteiger partial charge on any atom is 0.318 e. The van der Waals surface area contributed by atoms with Crippen LogP contribution in [0.1, 0.15) is 18.7 Å². The molecule has 5 nitrogen and oxygen atoms in total. The molecule has 1 saturated heterocycles. The molecule has 0 aromatic carbocycles. The summed E-state index contributed by atoms with van der Waals surface area (Å²) in [5, 5.41) is 17.2. The number of aryl methyl sites for hydroxylation is 1. The molecule has 0 atom stereocenters. The molecule has 15 heavy (non-hydrogen) atoms. The van der Waals surface area contributed by atoms with Gasteiger partial charge in [0, 0.05) is 25.4 Å². The van der Waals surface area contributed by atoms with E-state index in [-0.39, 0.29) is 6.10 Å². The van der Waals surface area contributed by atoms with Crippen molar-refractivity contribution in [1.82, 2.24) is 10.2 Å². The Kier molecular flexibility index (Phi) is 3.43. The molecular formula is C9H14ClN3O2. The van der Waals surface area contributed by atoms with Crippen molar-refractivity contribution in [2.75, 3.05) is 23.9 Å². The lowest BCUT2D eigenvalue weighted by molar-refractivity contribution is 0.144. The van der Waals surface area contributed by atoms with Gasteiger partial charge in [-0.1, -0.05) is 5.10 Å². The van der Waals surface area contributed by atoms with E-state index in [2.05, 4.69) is 10.2 Å². The van der Waals surface area contributed by atoms with Crippen molar-refractivity contribution in [3.8, 4) is 0 Å². The molecule has 0 bridgehead atoms. The molecule has 2 rings (SSSR count). The Balaban J connectivity index is 1.96. The number of piperidine rings is 1. The second kappa shape index (κ2) is 4.81. The molecule has 6 heteroatoms. The van der Waals surface area contributed by atoms with Gasteiger partial charge in [-0.2, -0.15) is 0 Å². The summed E-state index contributed by atoms with van der Waals surface area (Å²) in [5.74, 6) is 1.06. The Morgan fingerprint density at radius 2 is 2.13 bits per heavy atom. The first-order valence-electron chi connectivity index (χ1n) is 5.11. The molecule has 0 unspecified atom stereocenters. The number of halogens is 1. The zero-order valence-corrected chi connectivity index (χ0v) is 9.15. The highest BCUT2D eigenvalue weighted by atomic mass is 35.5. The molecule has 84 valence electrons. The van der Waals surface area contributed by atoms with Crippen LogP contribution in [0, 0.1) is 0 Å². The summed E-state index contributed by atoms with van der Waals surface area (Å²) in [6.07, 6.45) is 1.93. The molecule has 0 amide bonds. The molecule has 1 aliphatic rings. The summed E-state index contributed by atoms with van der Waals surface area (Å²) < 4.78 is 5.44. The quantitative estimate of drug-likeness (QED) is 0.781. The summed E-state index contributed by atoms with van der Waals surface area (Å²) in [4.78, 5) is 2.00. The largest absolute Gasteiger partial charge is 0.408 e. The van der Waals surface area contributed by atoms with E-state index in [1.807, 2.05) is 4.90 Å². The summed E-state index contributed by atoms with van der Waals surface area (Å²) in [5.41, 5.74) is 0. The van der Waals surface area contributed by atoms with Crippen LogP contribution in [0.4, 0.5) is 6.01 Å². The van der Waals surface area contributed by atoms with Crippen LogP contribution in [0.5, 0.6) is 0 Å². The lowest BCUT2D eigenvalue weighted by atomic mass is 10.1. The summed E-state index contributed by atoms with van der Waals surface area (Å²) in [6.45, 7) is 1.54. The third-order valence-corrected chi connectivity index (χ3v) is 2.69. The number of aromatic nitrogens is 2. The number of hydrogen-bond acceptors (Lipinski definition) is 5. The van der Waals surface area contributed by atoms with Crippen molar-refractivity contribution in [3.63, 3.8) is 0 Å². The molecule has 0 radical (unpaired) electrons. The zero-order valence-electron chi connectivity index (χ0n) is 8.40. The van der Waals surface area contributed by atoms with Crippen molar-refractivity contribution in [2.45, 2.75) is 25.4 Å². The molecule has 1 aliphatic heterocycles. The third-order valence-electron chi connectivity index (χ3n) is 2.50. The molecule has 2 heterocycles. The van der Waals surface area contributed by atoms with Crippen LogP contribution in [0.15, 0.2) is 4.42 Å². The van der Waals surface area contributed by atoms with Crippen LogP contribution in [-0.2, 0) is 6.42 Å². The van der Waals surface area contributed by atoms with Crippen LogP contribution in [0.25, 0.3) is 0 Å². The maximum atomic E-state index is 9.35. The number of nitrogens with zero attached hydrogens (tertiary/aromatic N) is 3. The molecule has 0 aliphatic carbocycles. The minimum atomic E-state index is -0.188. The Bertz CT molecular complexity index is 310. The van der Waals surface area contributed by atoms with Gasteiger partial charge in [0.05, 0.1) is 6.10 Å². The predicted octanol–water partition coefficient (Wildman–Crippen LogP) is 0.812. The van der Waals surface area contributed by atoms with Crippen molar-refractivity contribution < 1.29 is 9.52 Å². The van der Waals surface area contributed by atoms with Crippen LogP contribution >= 0.6 is 11.6 Å². The first kappa shape index (κ1) is 10.7. The van der Waals surface area contributed by atoms with Crippen LogP contribution in [0.2, 0.25) is 0 Å². The average molecular weight is 232 g/mol. The standard InChI is InChI=1S/C9H14ClN3O2/c10-4-1-8-11-12-9(15-8)13-5-2-7(14)3-6-13/h7,14H,1-6H2. The molecule has 1 fully saturated rings. The molecule has 1 aromatic heterocycles. The Morgan fingerprint density at radius 3 is 2.80 bits per heavy atom. The highest BCUT2D eigenvalue weighted by Crippen LogP contribution is 2.18. The van der Waals surface area contributed by atoms with E-state index >= 15 is 0 Å². The van der Waals surface area contributed by atoms with Crippen LogP contribution in [-0.4, -0.2) is 40.4 Å². The van der Waals surface area contributed by atoms with Crippen molar-refractivity contribution in [2.24, 2.45) is 0 Å². The van der Waals surface area contributed by atoms with Gasteiger partial charge in [0.1, 0.15) is 0 Å². The van der Waals surface area contributed by atoms with E-state index in [1.165, 1.54) is 0 Å². The van der Waals surface area contributed by atoms with E-state index in [0.29, 0.717) is 24.2 Å². The SMILES string of the molecule is OC1CCN(c2nnc(CCCl)o2)CC1. The fraction of sp³-hybridized carbons (Fsp3) is 0.778. The summed E-state index contributed by atoms with van der Waals surface area (Å²) in [6, 6.07) is 0.544. The van der Waals surface area contributed by atoms with E-state index in [1.54, 1.807) is 0 Å². The predicted molar refractivity (Wildman–Crippen MR) is 56.2 cm³/mol. The lowest BCUT2D eigenvalue weighted by Crippen LogP contribution is -2.35. The Labute approximate surface area is 93.0 Å². The van der Waals surface area contributed by atoms with Gasteiger partial charge in [-0.25, -0.2) is 0 Å². The Morgan fingerprint density at radius 1 is 1.40 bits per heavy atom. The normalized spacial score (nSPS) is 18.4. The fourth-order valence-electron chi connectivity index (χ4n) is 1.61. The Hall–Kier alpha value is -0.810. The number of alkyl halides is 1. The van der Waals surface area contributed by atoms with Gasteiger partial charge < -0.3 is 14.4 Å². The van der Waals surface area contributed by atoms with Gasteiger partial charge in [0.15, 0.2) is 0 Å². The number of aliphatic hydroxyl groups is 1. The minimum absolute atomic E-state index is 0.188. The third kappa shape index (κ3) is 2.60. The average Bonchev–Trinajstić information content (AvgIpc) is 2.68. The second-order valence-electron chi connectivity index (χ2n) is 3.64. The van der Waals surface area contributed by atoms with Gasteiger partial charge in [0.25, 0.3) is 0 Å². The highest BCUT2D eigenvalue weighted by Gasteiger charge is 2.21. The van der Waals surface area contributed by atoms with Crippen molar-refractivity contribution in [1.29, 1.82) is 0 Å². The van der Waals surface area contributed by atoms with Gasteiger partial charge in [-0.15, -0.1) is 16.7 Å². The number of aliphatic hydroxyl groups excluding tert-OH is 1. The van der Waals surface area contributed by atoms with Gasteiger partial charge >= 0.3 is 6.01 Å². The van der Waals surface area contributed by atoms with Crippen LogP contribution < -0.4 is 4.90 Å². The molecular weight excluding hydrogens is 218 g/mol. The lowest BCUT2D eigenvalue weighted by Gasteiger charge is -2.27. The van der Waals surface area contributed by atoms with Crippen molar-refractivity contribution >= 4 is 17.6 Å². The van der Waals surface area contributed by atoms with Crippen molar-refractivity contribution in [3.05, 3.63) is 5.89 Å². The minimum Gasteiger partial charge on any atom is -0.408 e. The summed E-state index contributed by atoms with van der Waals surface area (Å²) >= 11 is 5.58. The number of rotatable bonds is 3. The second-order valence-corrected chi connectivity index (χ2v) is 4.01. The van der Waals surface area contributed by atoms with E-state index in [4.69, 9.17) is 16.0 Å². The van der Waals surface area contributed by atoms with Gasteiger partial charge in [-0.3, -0.25) is 0 Å². The number of anilines is 1. The van der Waals surface area contributed by atoms with Gasteiger partial charge in [-0.05, 0) is 12.8 Å². The fourth-order valence-corrected chi connectivity index (χ4v) is 1.77. The van der Waals surface area contributed by atoms with E-state index in [0.717, 1.165) is 25.9 Å². The molecule has 1 aromatic rings. The van der Waals surface area contributed by atoms with E-state index in [9.17, 15) is 5.11 Å². The summed E-state index contributed by atoms with van der Waals surface area (Å²) in [7, 11) is 0. The number of hydrogen-bond donors (Lipinski definition) is 1. The first-order chi connectivity index (χ1) is 7.29. The maximum absolute atomic E-state index is 9.35. The monoisotopic (exact) mass is 231 g/mol. The molecule has 0 spiro atoms. The molecule has 0 saturated carbocycles. The zero-order chi connectivity index (χ0) is 10.7. The van der Waals surface area contributed by atoms with Gasteiger partial charge in [0.2, 0.25) is 5.89 Å². The highest BCUT2D eigenvalue weighted by molar-refractivity contribution is 6.17. The smallest absolute Gasteiger partial charge is 0.318 e. The topological polar surface area (TPSA) is 62.4 Å². The van der Waals surface area contributed by atoms with E-state index < -0.39 is 0 Å². The molecule has 1 N–H and O–H groups in total. The first-order valence-corrected chi connectivity index (χ1v) is 5.64. The van der Waals surface area contributed by atoms with Crippen LogP contribution in [0.3, 0.4) is 0 Å².